The highest BCUT2D eigenvalue weighted by Crippen LogP contribution is 2.23. The van der Waals surface area contributed by atoms with Gasteiger partial charge in [0.2, 0.25) is 5.91 Å². The highest BCUT2D eigenvalue weighted by Gasteiger charge is 2.11. The molecule has 18 heavy (non-hydrogen) atoms. The summed E-state index contributed by atoms with van der Waals surface area (Å²) in [5.74, 6) is -0.0973. The van der Waals surface area contributed by atoms with Gasteiger partial charge in [0.25, 0.3) is 0 Å². The van der Waals surface area contributed by atoms with Gasteiger partial charge in [0.05, 0.1) is 5.56 Å². The number of carbonyl (C=O) groups excluding carboxylic acids is 1. The Hall–Kier alpha value is -1.81. The van der Waals surface area contributed by atoms with Gasteiger partial charge in [0, 0.05) is 12.1 Å². The lowest BCUT2D eigenvalue weighted by Crippen LogP contribution is -2.12. The molecule has 0 fully saturated rings. The van der Waals surface area contributed by atoms with E-state index in [1.807, 2.05) is 0 Å². The standard InChI is InChI=1S/C11H10F2N2O2S/c12-11(13)17-9-2-1-8(5-7(9)6-14)15-10(16)3-4-18/h1-2,5,11,18H,3-4H2,(H,15,16). The zero-order chi connectivity index (χ0) is 13.5. The number of amides is 1. The molecule has 0 saturated heterocycles. The lowest BCUT2D eigenvalue weighted by Gasteiger charge is -2.09. The van der Waals surface area contributed by atoms with Crippen LogP contribution in [0.5, 0.6) is 5.75 Å². The first-order chi connectivity index (χ1) is 8.56. The number of rotatable bonds is 5. The second-order valence-electron chi connectivity index (χ2n) is 3.22. The van der Waals surface area contributed by atoms with Crippen molar-refractivity contribution < 1.29 is 18.3 Å². The Morgan fingerprint density at radius 2 is 2.28 bits per heavy atom. The highest BCUT2D eigenvalue weighted by molar-refractivity contribution is 7.80. The maximum Gasteiger partial charge on any atom is 0.387 e. The monoisotopic (exact) mass is 272 g/mol. The maximum atomic E-state index is 12.0. The van der Waals surface area contributed by atoms with Crippen molar-refractivity contribution in [2.24, 2.45) is 0 Å². The van der Waals surface area contributed by atoms with E-state index in [-0.39, 0.29) is 23.6 Å². The third kappa shape index (κ3) is 4.22. The molecule has 96 valence electrons. The molecule has 0 saturated carbocycles. The smallest absolute Gasteiger partial charge is 0.387 e. The molecule has 1 rings (SSSR count). The Bertz CT molecular complexity index is 475. The number of alkyl halides is 2. The van der Waals surface area contributed by atoms with Gasteiger partial charge in [0.15, 0.2) is 0 Å². The van der Waals surface area contributed by atoms with Crippen molar-refractivity contribution in [1.29, 1.82) is 5.26 Å². The second kappa shape index (κ2) is 6.81. The first kappa shape index (κ1) is 14.3. The number of hydrogen-bond acceptors (Lipinski definition) is 4. The van der Waals surface area contributed by atoms with Gasteiger partial charge < -0.3 is 10.1 Å². The molecule has 0 aliphatic rings. The van der Waals surface area contributed by atoms with Gasteiger partial charge in [-0.3, -0.25) is 4.79 Å². The molecule has 1 aromatic rings. The quantitative estimate of drug-likeness (QED) is 0.809. The van der Waals surface area contributed by atoms with Crippen LogP contribution >= 0.6 is 12.6 Å². The molecule has 0 aromatic heterocycles. The molecule has 0 heterocycles. The molecule has 0 bridgehead atoms. The van der Waals surface area contributed by atoms with E-state index in [1.54, 1.807) is 6.07 Å². The molecule has 0 spiro atoms. The van der Waals surface area contributed by atoms with Crippen molar-refractivity contribution in [3.63, 3.8) is 0 Å². The average molecular weight is 272 g/mol. The van der Waals surface area contributed by atoms with E-state index in [2.05, 4.69) is 22.7 Å². The van der Waals surface area contributed by atoms with Crippen LogP contribution in [0.25, 0.3) is 0 Å². The fourth-order valence-corrected chi connectivity index (χ4v) is 1.42. The molecular weight excluding hydrogens is 262 g/mol. The molecule has 1 aromatic carbocycles. The summed E-state index contributed by atoms with van der Waals surface area (Å²) in [6, 6.07) is 5.59. The van der Waals surface area contributed by atoms with Gasteiger partial charge in [-0.1, -0.05) is 0 Å². The Morgan fingerprint density at radius 3 is 2.83 bits per heavy atom. The normalized spacial score (nSPS) is 9.94. The molecule has 0 atom stereocenters. The second-order valence-corrected chi connectivity index (χ2v) is 3.67. The zero-order valence-corrected chi connectivity index (χ0v) is 10.1. The topological polar surface area (TPSA) is 62.1 Å². The van der Waals surface area contributed by atoms with E-state index in [1.165, 1.54) is 18.2 Å². The zero-order valence-electron chi connectivity index (χ0n) is 9.19. The largest absolute Gasteiger partial charge is 0.433 e. The predicted octanol–water partition coefficient (Wildman–Crippen LogP) is 2.42. The van der Waals surface area contributed by atoms with Crippen LogP contribution in [0.3, 0.4) is 0 Å². The Balaban J connectivity index is 2.85. The van der Waals surface area contributed by atoms with E-state index in [9.17, 15) is 13.6 Å². The van der Waals surface area contributed by atoms with Crippen LogP contribution in [0.4, 0.5) is 14.5 Å². The number of hydrogen-bond donors (Lipinski definition) is 2. The number of thiol groups is 1. The van der Waals surface area contributed by atoms with Gasteiger partial charge in [-0.15, -0.1) is 0 Å². The number of nitrogens with zero attached hydrogens (tertiary/aromatic N) is 1. The van der Waals surface area contributed by atoms with Crippen molar-refractivity contribution >= 4 is 24.2 Å². The van der Waals surface area contributed by atoms with E-state index in [0.717, 1.165) is 0 Å². The number of ether oxygens (including phenoxy) is 1. The van der Waals surface area contributed by atoms with Crippen molar-refractivity contribution in [2.75, 3.05) is 11.1 Å². The van der Waals surface area contributed by atoms with Crippen LogP contribution in [0.2, 0.25) is 0 Å². The van der Waals surface area contributed by atoms with Gasteiger partial charge in [0.1, 0.15) is 11.8 Å². The Labute approximate surface area is 108 Å². The third-order valence-electron chi connectivity index (χ3n) is 1.94. The predicted molar refractivity (Wildman–Crippen MR) is 64.9 cm³/mol. The lowest BCUT2D eigenvalue weighted by molar-refractivity contribution is -0.115. The van der Waals surface area contributed by atoms with E-state index >= 15 is 0 Å². The first-order valence-electron chi connectivity index (χ1n) is 4.96. The van der Waals surface area contributed by atoms with Crippen LogP contribution in [0, 0.1) is 11.3 Å². The number of carbonyl (C=O) groups is 1. The van der Waals surface area contributed by atoms with Crippen molar-refractivity contribution in [3.05, 3.63) is 23.8 Å². The molecule has 4 nitrogen and oxygen atoms in total. The lowest BCUT2D eigenvalue weighted by atomic mass is 10.2. The Morgan fingerprint density at radius 1 is 1.56 bits per heavy atom. The van der Waals surface area contributed by atoms with Gasteiger partial charge in [-0.05, 0) is 24.0 Å². The van der Waals surface area contributed by atoms with Crippen molar-refractivity contribution in [3.8, 4) is 11.8 Å². The summed E-state index contributed by atoms with van der Waals surface area (Å²) in [5.41, 5.74) is 0.277. The minimum Gasteiger partial charge on any atom is -0.433 e. The molecule has 1 N–H and O–H groups in total. The van der Waals surface area contributed by atoms with E-state index in [0.29, 0.717) is 11.4 Å². The van der Waals surface area contributed by atoms with Crippen LogP contribution in [-0.2, 0) is 4.79 Å². The van der Waals surface area contributed by atoms with Gasteiger partial charge in [-0.2, -0.15) is 26.7 Å². The summed E-state index contributed by atoms with van der Waals surface area (Å²) >= 11 is 3.90. The van der Waals surface area contributed by atoms with Crippen LogP contribution < -0.4 is 10.1 Å². The highest BCUT2D eigenvalue weighted by atomic mass is 32.1. The summed E-state index contributed by atoms with van der Waals surface area (Å²) in [5, 5.41) is 11.3. The Kier molecular flexibility index (Phi) is 5.39. The van der Waals surface area contributed by atoms with Crippen LogP contribution in [-0.4, -0.2) is 18.3 Å². The summed E-state index contributed by atoms with van der Waals surface area (Å²) in [7, 11) is 0. The maximum absolute atomic E-state index is 12.0. The summed E-state index contributed by atoms with van der Waals surface area (Å²) in [6.45, 7) is -3.00. The first-order valence-corrected chi connectivity index (χ1v) is 5.59. The van der Waals surface area contributed by atoms with E-state index in [4.69, 9.17) is 5.26 Å². The summed E-state index contributed by atoms with van der Waals surface area (Å²) in [4.78, 5) is 11.3. The van der Waals surface area contributed by atoms with Gasteiger partial charge >= 0.3 is 6.61 Å². The molecular formula is C11H10F2N2O2S. The number of benzene rings is 1. The summed E-state index contributed by atoms with van der Waals surface area (Å²) in [6.07, 6.45) is 0.223. The summed E-state index contributed by atoms with van der Waals surface area (Å²) < 4.78 is 28.2. The molecule has 0 radical (unpaired) electrons. The minimum atomic E-state index is -3.00. The van der Waals surface area contributed by atoms with Crippen molar-refractivity contribution in [2.45, 2.75) is 13.0 Å². The SMILES string of the molecule is N#Cc1cc(NC(=O)CCS)ccc1OC(F)F. The fourth-order valence-electron chi connectivity index (χ4n) is 1.22. The molecule has 0 unspecified atom stereocenters. The molecule has 0 aliphatic carbocycles. The number of anilines is 1. The minimum absolute atomic E-state index is 0.0704. The van der Waals surface area contributed by atoms with Crippen LogP contribution in [0.1, 0.15) is 12.0 Å². The molecule has 7 heteroatoms. The molecule has 0 aliphatic heterocycles. The average Bonchev–Trinajstić information content (AvgIpc) is 2.30. The number of halogens is 2. The van der Waals surface area contributed by atoms with Gasteiger partial charge in [-0.25, -0.2) is 0 Å². The fraction of sp³-hybridized carbons (Fsp3) is 0.273. The van der Waals surface area contributed by atoms with Crippen LogP contribution in [0.15, 0.2) is 18.2 Å². The molecule has 1 amide bonds. The van der Waals surface area contributed by atoms with Crippen molar-refractivity contribution in [1.82, 2.24) is 0 Å². The number of nitriles is 1. The number of nitrogens with one attached hydrogen (secondary N) is 1. The van der Waals surface area contributed by atoms with E-state index < -0.39 is 6.61 Å². The third-order valence-corrected chi connectivity index (χ3v) is 2.16.